The van der Waals surface area contributed by atoms with Crippen molar-refractivity contribution in [3.8, 4) is 28.7 Å². The van der Waals surface area contributed by atoms with Gasteiger partial charge >= 0.3 is 0 Å². The lowest BCUT2D eigenvalue weighted by molar-refractivity contribution is 0.669. The summed E-state index contributed by atoms with van der Waals surface area (Å²) in [5.74, 6) is 1.80. The van der Waals surface area contributed by atoms with Crippen LogP contribution in [-0.2, 0) is 0 Å². The van der Waals surface area contributed by atoms with Crippen LogP contribution in [0.2, 0.25) is 0 Å². The lowest BCUT2D eigenvalue weighted by atomic mass is 10.1. The lowest BCUT2D eigenvalue weighted by Crippen LogP contribution is -2.06. The Bertz CT molecular complexity index is 2770. The number of nitrogens with zero attached hydrogens (tertiary/aromatic N) is 4. The highest BCUT2D eigenvalue weighted by Gasteiger charge is 2.22. The zero-order valence-corrected chi connectivity index (χ0v) is 24.6. The fourth-order valence-electron chi connectivity index (χ4n) is 6.71. The van der Waals surface area contributed by atoms with Gasteiger partial charge < -0.3 is 4.42 Å². The number of para-hydroxylation sites is 2. The van der Waals surface area contributed by atoms with E-state index in [1.807, 2.05) is 72.0 Å². The maximum atomic E-state index is 6.24. The lowest BCUT2D eigenvalue weighted by Gasteiger charge is -2.11. The number of aromatic nitrogens is 4. The molecule has 4 aromatic heterocycles. The van der Waals surface area contributed by atoms with E-state index < -0.39 is 0 Å². The summed E-state index contributed by atoms with van der Waals surface area (Å²) in [6.45, 7) is 0. The zero-order valence-electron chi connectivity index (χ0n) is 23.8. The van der Waals surface area contributed by atoms with Crippen LogP contribution in [0, 0.1) is 0 Å². The molecule has 0 bridgehead atoms. The molecule has 45 heavy (non-hydrogen) atoms. The van der Waals surface area contributed by atoms with Gasteiger partial charge in [-0.3, -0.25) is 4.57 Å². The van der Waals surface area contributed by atoms with Gasteiger partial charge in [-0.1, -0.05) is 103 Å². The van der Waals surface area contributed by atoms with Gasteiger partial charge in [0.1, 0.15) is 11.2 Å². The van der Waals surface area contributed by atoms with Crippen molar-refractivity contribution < 1.29 is 4.42 Å². The molecule has 0 radical (unpaired) electrons. The average Bonchev–Trinajstić information content (AvgIpc) is 3.78. The third-order valence-electron chi connectivity index (χ3n) is 8.68. The minimum atomic E-state index is 0.579. The summed E-state index contributed by atoms with van der Waals surface area (Å²) < 4.78 is 11.0. The van der Waals surface area contributed by atoms with Crippen molar-refractivity contribution in [2.24, 2.45) is 0 Å². The molecule has 0 saturated carbocycles. The Morgan fingerprint density at radius 1 is 0.489 bits per heavy atom. The van der Waals surface area contributed by atoms with E-state index in [0.29, 0.717) is 17.6 Å². The van der Waals surface area contributed by atoms with Crippen LogP contribution < -0.4 is 0 Å². The van der Waals surface area contributed by atoms with Crippen LogP contribution in [0.15, 0.2) is 138 Å². The average molecular weight is 595 g/mol. The molecule has 0 unspecified atom stereocenters. The smallest absolute Gasteiger partial charge is 0.238 e. The van der Waals surface area contributed by atoms with Gasteiger partial charge in [0, 0.05) is 52.8 Å². The van der Waals surface area contributed by atoms with Crippen molar-refractivity contribution in [3.63, 3.8) is 0 Å². The predicted molar refractivity (Wildman–Crippen MR) is 185 cm³/mol. The van der Waals surface area contributed by atoms with E-state index in [2.05, 4.69) is 77.4 Å². The van der Waals surface area contributed by atoms with E-state index in [1.54, 1.807) is 0 Å². The Kier molecular flexibility index (Phi) is 5.09. The van der Waals surface area contributed by atoms with Gasteiger partial charge in [-0.25, -0.2) is 4.98 Å². The molecule has 0 aliphatic carbocycles. The quantitative estimate of drug-likeness (QED) is 0.204. The SMILES string of the molecule is c1ccc(-c2nc(-c3cccc4oc5ccccc5c34)nc(-n3c4ccccc4c4c5sc6ccccc6c5ccc43)n2)cc1. The molecule has 0 atom stereocenters. The Balaban J connectivity index is 1.32. The Labute approximate surface area is 260 Å². The molecule has 6 aromatic carbocycles. The number of rotatable bonds is 3. The van der Waals surface area contributed by atoms with E-state index in [9.17, 15) is 0 Å². The minimum Gasteiger partial charge on any atom is -0.456 e. The van der Waals surface area contributed by atoms with Gasteiger partial charge in [-0.2, -0.15) is 9.97 Å². The highest BCUT2D eigenvalue weighted by atomic mass is 32.1. The first-order chi connectivity index (χ1) is 22.3. The minimum absolute atomic E-state index is 0.579. The van der Waals surface area contributed by atoms with Crippen LogP contribution in [0.25, 0.3) is 92.6 Å². The van der Waals surface area contributed by atoms with Crippen molar-refractivity contribution >= 4 is 75.3 Å². The summed E-state index contributed by atoms with van der Waals surface area (Å²) in [7, 11) is 0. The van der Waals surface area contributed by atoms with Gasteiger partial charge in [0.05, 0.1) is 11.0 Å². The summed E-state index contributed by atoms with van der Waals surface area (Å²) in [5, 5.41) is 6.98. The summed E-state index contributed by atoms with van der Waals surface area (Å²) in [6, 6.07) is 46.0. The molecule has 4 heterocycles. The van der Waals surface area contributed by atoms with E-state index in [0.717, 1.165) is 44.1 Å². The number of fused-ring (bicyclic) bond motifs is 10. The molecule has 0 spiro atoms. The number of hydrogen-bond donors (Lipinski definition) is 0. The van der Waals surface area contributed by atoms with Gasteiger partial charge in [-0.15, -0.1) is 11.3 Å². The Morgan fingerprint density at radius 3 is 2.13 bits per heavy atom. The second-order valence-corrected chi connectivity index (χ2v) is 12.3. The van der Waals surface area contributed by atoms with E-state index >= 15 is 0 Å². The first-order valence-electron chi connectivity index (χ1n) is 14.9. The zero-order chi connectivity index (χ0) is 29.5. The first kappa shape index (κ1) is 24.6. The fourth-order valence-corrected chi connectivity index (χ4v) is 7.97. The van der Waals surface area contributed by atoms with Crippen LogP contribution >= 0.6 is 11.3 Å². The number of benzene rings is 6. The molecule has 6 heteroatoms. The van der Waals surface area contributed by atoms with Gasteiger partial charge in [0.25, 0.3) is 0 Å². The summed E-state index contributed by atoms with van der Waals surface area (Å²) in [6.07, 6.45) is 0. The monoisotopic (exact) mass is 594 g/mol. The van der Waals surface area contributed by atoms with Crippen LogP contribution in [0.3, 0.4) is 0 Å². The van der Waals surface area contributed by atoms with Crippen LogP contribution in [0.4, 0.5) is 0 Å². The van der Waals surface area contributed by atoms with Crippen LogP contribution in [-0.4, -0.2) is 19.5 Å². The maximum Gasteiger partial charge on any atom is 0.238 e. The molecule has 0 aliphatic heterocycles. The van der Waals surface area contributed by atoms with Crippen molar-refractivity contribution in [2.75, 3.05) is 0 Å². The molecule has 10 rings (SSSR count). The molecule has 0 aliphatic rings. The fraction of sp³-hybridized carbons (Fsp3) is 0. The third kappa shape index (κ3) is 3.57. The molecular formula is C39H22N4OS. The number of hydrogen-bond acceptors (Lipinski definition) is 5. The Morgan fingerprint density at radius 2 is 1.22 bits per heavy atom. The second kappa shape index (κ2) is 9.32. The molecule has 5 nitrogen and oxygen atoms in total. The number of furan rings is 1. The van der Waals surface area contributed by atoms with Gasteiger partial charge in [0.15, 0.2) is 11.6 Å². The molecule has 0 fully saturated rings. The highest BCUT2D eigenvalue weighted by molar-refractivity contribution is 7.26. The van der Waals surface area contributed by atoms with E-state index in [1.165, 1.54) is 30.9 Å². The van der Waals surface area contributed by atoms with Crippen molar-refractivity contribution in [1.82, 2.24) is 19.5 Å². The topological polar surface area (TPSA) is 56.7 Å². The van der Waals surface area contributed by atoms with Crippen molar-refractivity contribution in [1.29, 1.82) is 0 Å². The predicted octanol–water partition coefficient (Wildman–Crippen LogP) is 10.6. The molecule has 0 N–H and O–H groups in total. The normalized spacial score (nSPS) is 12.0. The summed E-state index contributed by atoms with van der Waals surface area (Å²) in [4.78, 5) is 15.5. The Hall–Kier alpha value is -5.85. The van der Waals surface area contributed by atoms with Gasteiger partial charge in [-0.05, 0) is 30.3 Å². The third-order valence-corrected chi connectivity index (χ3v) is 9.88. The van der Waals surface area contributed by atoms with Crippen molar-refractivity contribution in [2.45, 2.75) is 0 Å². The van der Waals surface area contributed by atoms with Crippen LogP contribution in [0.5, 0.6) is 0 Å². The number of thiophene rings is 1. The summed E-state index contributed by atoms with van der Waals surface area (Å²) in [5.41, 5.74) is 5.61. The second-order valence-electron chi connectivity index (χ2n) is 11.2. The molecule has 210 valence electrons. The van der Waals surface area contributed by atoms with E-state index in [-0.39, 0.29) is 0 Å². The maximum absolute atomic E-state index is 6.24. The van der Waals surface area contributed by atoms with Crippen molar-refractivity contribution in [3.05, 3.63) is 133 Å². The standard InChI is InChI=1S/C39H22N4OS/c1-2-11-23(12-3-1)37-40-38(28-16-10-19-32-34(28)27-15-5-8-18-31(27)44-32)42-39(41-37)43-29-17-7-4-14-26(29)35-30(43)22-21-25-24-13-6-9-20-33(24)45-36(25)35/h1-22H. The van der Waals surface area contributed by atoms with E-state index in [4.69, 9.17) is 19.4 Å². The van der Waals surface area contributed by atoms with Gasteiger partial charge in [0.2, 0.25) is 5.95 Å². The molecular weight excluding hydrogens is 573 g/mol. The molecule has 10 aromatic rings. The first-order valence-corrected chi connectivity index (χ1v) is 15.7. The summed E-state index contributed by atoms with van der Waals surface area (Å²) >= 11 is 1.84. The highest BCUT2D eigenvalue weighted by Crippen LogP contribution is 2.43. The van der Waals surface area contributed by atoms with Crippen LogP contribution in [0.1, 0.15) is 0 Å². The molecule has 0 saturated heterocycles. The largest absolute Gasteiger partial charge is 0.456 e. The molecule has 0 amide bonds.